The molecule has 3 nitrogen and oxygen atoms in total. The zero-order valence-electron chi connectivity index (χ0n) is 12.2. The van der Waals surface area contributed by atoms with E-state index in [0.717, 1.165) is 18.8 Å². The first-order valence-corrected chi connectivity index (χ1v) is 7.24. The minimum atomic E-state index is 0.890. The highest BCUT2D eigenvalue weighted by atomic mass is 16.3. The Morgan fingerprint density at radius 1 is 1.17 bits per heavy atom. The minimum Gasteiger partial charge on any atom is -0.468 e. The second kappa shape index (κ2) is 9.17. The highest BCUT2D eigenvalue weighted by Gasteiger charge is 2.11. The molecule has 0 radical (unpaired) electrons. The second-order valence-corrected chi connectivity index (χ2v) is 4.88. The van der Waals surface area contributed by atoms with Crippen LogP contribution in [0.25, 0.3) is 0 Å². The van der Waals surface area contributed by atoms with Crippen molar-refractivity contribution in [1.29, 1.82) is 0 Å². The zero-order valence-corrected chi connectivity index (χ0v) is 12.2. The Bertz CT molecular complexity index is 301. The molecule has 0 amide bonds. The summed E-state index contributed by atoms with van der Waals surface area (Å²) < 4.78 is 5.63. The van der Waals surface area contributed by atoms with Gasteiger partial charge >= 0.3 is 0 Å². The average molecular weight is 252 g/mol. The molecule has 1 N–H and O–H groups in total. The predicted octanol–water partition coefficient (Wildman–Crippen LogP) is 3.40. The summed E-state index contributed by atoms with van der Waals surface area (Å²) in [4.78, 5) is 2.52. The molecule has 0 saturated heterocycles. The summed E-state index contributed by atoms with van der Waals surface area (Å²) in [5.41, 5.74) is 1.29. The summed E-state index contributed by atoms with van der Waals surface area (Å²) in [5, 5.41) is 3.19. The molecule has 0 spiro atoms. The van der Waals surface area contributed by atoms with Crippen molar-refractivity contribution in [2.24, 2.45) is 0 Å². The van der Waals surface area contributed by atoms with Gasteiger partial charge in [0, 0.05) is 12.1 Å². The van der Waals surface area contributed by atoms with Crippen LogP contribution in [0.2, 0.25) is 0 Å². The van der Waals surface area contributed by atoms with E-state index < -0.39 is 0 Å². The molecule has 0 aliphatic rings. The summed E-state index contributed by atoms with van der Waals surface area (Å²) in [6.07, 6.45) is 6.85. The molecule has 18 heavy (non-hydrogen) atoms. The van der Waals surface area contributed by atoms with Crippen LogP contribution in [-0.4, -0.2) is 25.0 Å². The van der Waals surface area contributed by atoms with Gasteiger partial charge < -0.3 is 9.73 Å². The maximum absolute atomic E-state index is 5.63. The van der Waals surface area contributed by atoms with E-state index in [4.69, 9.17) is 4.42 Å². The monoisotopic (exact) mass is 252 g/mol. The van der Waals surface area contributed by atoms with Crippen molar-refractivity contribution in [3.05, 3.63) is 23.7 Å². The summed E-state index contributed by atoms with van der Waals surface area (Å²) in [5.74, 6) is 1.12. The van der Waals surface area contributed by atoms with E-state index in [1.807, 2.05) is 7.05 Å². The predicted molar refractivity (Wildman–Crippen MR) is 76.6 cm³/mol. The summed E-state index contributed by atoms with van der Waals surface area (Å²) in [6.45, 7) is 8.69. The van der Waals surface area contributed by atoms with Gasteiger partial charge in [0.1, 0.15) is 5.76 Å². The van der Waals surface area contributed by atoms with Crippen LogP contribution in [0.5, 0.6) is 0 Å². The maximum atomic E-state index is 5.63. The Morgan fingerprint density at radius 2 is 1.83 bits per heavy atom. The van der Waals surface area contributed by atoms with E-state index >= 15 is 0 Å². The van der Waals surface area contributed by atoms with E-state index in [1.165, 1.54) is 44.3 Å². The largest absolute Gasteiger partial charge is 0.468 e. The van der Waals surface area contributed by atoms with Gasteiger partial charge in [0.05, 0.1) is 12.8 Å². The van der Waals surface area contributed by atoms with Crippen molar-refractivity contribution in [2.75, 3.05) is 20.1 Å². The molecule has 0 aliphatic carbocycles. The third-order valence-corrected chi connectivity index (χ3v) is 3.23. The van der Waals surface area contributed by atoms with Crippen LogP contribution in [0.1, 0.15) is 50.9 Å². The van der Waals surface area contributed by atoms with Crippen LogP contribution in [0, 0.1) is 0 Å². The van der Waals surface area contributed by atoms with Crippen LogP contribution in [0.4, 0.5) is 0 Å². The van der Waals surface area contributed by atoms with Crippen molar-refractivity contribution < 1.29 is 4.42 Å². The molecule has 0 bridgehead atoms. The molecule has 1 aromatic rings. The number of rotatable bonds is 10. The number of hydrogen-bond acceptors (Lipinski definition) is 3. The Morgan fingerprint density at radius 3 is 2.39 bits per heavy atom. The first-order valence-electron chi connectivity index (χ1n) is 7.24. The van der Waals surface area contributed by atoms with Crippen molar-refractivity contribution >= 4 is 0 Å². The Balaban J connectivity index is 2.53. The molecule has 1 rings (SSSR count). The van der Waals surface area contributed by atoms with E-state index in [9.17, 15) is 0 Å². The lowest BCUT2D eigenvalue weighted by Crippen LogP contribution is -2.26. The zero-order chi connectivity index (χ0) is 13.2. The second-order valence-electron chi connectivity index (χ2n) is 4.88. The standard InChI is InChI=1S/C15H28N2O/c1-4-6-9-17(10-7-5-2)13-15-14(12-16-3)8-11-18-15/h8,11,16H,4-7,9-10,12-13H2,1-3H3. The Kier molecular flexibility index (Phi) is 7.78. The fraction of sp³-hybridized carbons (Fsp3) is 0.733. The van der Waals surface area contributed by atoms with Crippen LogP contribution < -0.4 is 5.32 Å². The highest BCUT2D eigenvalue weighted by molar-refractivity contribution is 5.16. The first kappa shape index (κ1) is 15.3. The highest BCUT2D eigenvalue weighted by Crippen LogP contribution is 2.14. The van der Waals surface area contributed by atoms with Gasteiger partial charge in [0.2, 0.25) is 0 Å². The van der Waals surface area contributed by atoms with Gasteiger partial charge in [0.15, 0.2) is 0 Å². The van der Waals surface area contributed by atoms with Crippen molar-refractivity contribution in [1.82, 2.24) is 10.2 Å². The first-order chi connectivity index (χ1) is 8.81. The Labute approximate surface area is 112 Å². The van der Waals surface area contributed by atoms with Crippen molar-refractivity contribution in [3.8, 4) is 0 Å². The third kappa shape index (κ3) is 5.23. The molecule has 0 aromatic carbocycles. The smallest absolute Gasteiger partial charge is 0.122 e. The number of furan rings is 1. The number of nitrogens with zero attached hydrogens (tertiary/aromatic N) is 1. The number of unbranched alkanes of at least 4 members (excludes halogenated alkanes) is 2. The molecule has 1 heterocycles. The van der Waals surface area contributed by atoms with Gasteiger partial charge in [-0.3, -0.25) is 4.90 Å². The molecule has 104 valence electrons. The van der Waals surface area contributed by atoms with Gasteiger partial charge in [-0.1, -0.05) is 26.7 Å². The van der Waals surface area contributed by atoms with E-state index in [-0.39, 0.29) is 0 Å². The van der Waals surface area contributed by atoms with E-state index in [0.29, 0.717) is 0 Å². The van der Waals surface area contributed by atoms with Gasteiger partial charge in [-0.05, 0) is 39.0 Å². The van der Waals surface area contributed by atoms with Crippen LogP contribution in [0.3, 0.4) is 0 Å². The van der Waals surface area contributed by atoms with Gasteiger partial charge in [0.25, 0.3) is 0 Å². The number of hydrogen-bond donors (Lipinski definition) is 1. The lowest BCUT2D eigenvalue weighted by Gasteiger charge is -2.21. The van der Waals surface area contributed by atoms with Gasteiger partial charge in [-0.2, -0.15) is 0 Å². The fourth-order valence-electron chi connectivity index (χ4n) is 2.09. The lowest BCUT2D eigenvalue weighted by molar-refractivity contribution is 0.235. The van der Waals surface area contributed by atoms with Crippen LogP contribution in [0.15, 0.2) is 16.7 Å². The summed E-state index contributed by atoms with van der Waals surface area (Å²) in [6, 6.07) is 2.07. The van der Waals surface area contributed by atoms with E-state index in [2.05, 4.69) is 30.1 Å². The molecular weight excluding hydrogens is 224 g/mol. The fourth-order valence-corrected chi connectivity index (χ4v) is 2.09. The number of nitrogens with one attached hydrogen (secondary N) is 1. The SMILES string of the molecule is CCCCN(CCCC)Cc1occc1CNC. The summed E-state index contributed by atoms with van der Waals surface area (Å²) >= 11 is 0. The van der Waals surface area contributed by atoms with Crippen molar-refractivity contribution in [2.45, 2.75) is 52.6 Å². The third-order valence-electron chi connectivity index (χ3n) is 3.23. The molecule has 1 aromatic heterocycles. The summed E-state index contributed by atoms with van der Waals surface area (Å²) in [7, 11) is 1.97. The topological polar surface area (TPSA) is 28.4 Å². The van der Waals surface area contributed by atoms with Gasteiger partial charge in [-0.25, -0.2) is 0 Å². The average Bonchev–Trinajstić information content (AvgIpc) is 2.80. The minimum absolute atomic E-state index is 0.890. The van der Waals surface area contributed by atoms with Gasteiger partial charge in [-0.15, -0.1) is 0 Å². The maximum Gasteiger partial charge on any atom is 0.122 e. The lowest BCUT2D eigenvalue weighted by atomic mass is 10.2. The van der Waals surface area contributed by atoms with Crippen LogP contribution >= 0.6 is 0 Å². The molecule has 0 unspecified atom stereocenters. The molecule has 0 aliphatic heterocycles. The van der Waals surface area contributed by atoms with E-state index in [1.54, 1.807) is 6.26 Å². The Hall–Kier alpha value is -0.800. The molecule has 0 fully saturated rings. The quantitative estimate of drug-likeness (QED) is 0.692. The molecular formula is C15H28N2O. The normalized spacial score (nSPS) is 11.3. The molecule has 3 heteroatoms. The van der Waals surface area contributed by atoms with Crippen molar-refractivity contribution in [3.63, 3.8) is 0 Å². The molecule has 0 atom stereocenters. The van der Waals surface area contributed by atoms with Crippen LogP contribution in [-0.2, 0) is 13.1 Å². The molecule has 0 saturated carbocycles.